The lowest BCUT2D eigenvalue weighted by Gasteiger charge is -2.07. The van der Waals surface area contributed by atoms with E-state index < -0.39 is 0 Å². The Kier molecular flexibility index (Phi) is 5.31. The summed E-state index contributed by atoms with van der Waals surface area (Å²) in [7, 11) is 1.49. The molecule has 0 bridgehead atoms. The van der Waals surface area contributed by atoms with Crippen LogP contribution in [-0.4, -0.2) is 28.2 Å². The van der Waals surface area contributed by atoms with Crippen molar-refractivity contribution in [3.8, 4) is 5.88 Å². The van der Waals surface area contributed by atoms with Gasteiger partial charge in [0.15, 0.2) is 5.69 Å². The van der Waals surface area contributed by atoms with Crippen LogP contribution in [0.1, 0.15) is 21.6 Å². The molecule has 2 aromatic heterocycles. The number of hydrogen-bond donors (Lipinski definition) is 1. The van der Waals surface area contributed by atoms with Crippen molar-refractivity contribution in [1.29, 1.82) is 0 Å². The first-order valence-corrected chi connectivity index (χ1v) is 7.92. The molecule has 25 heavy (non-hydrogen) atoms. The van der Waals surface area contributed by atoms with Gasteiger partial charge in [-0.05, 0) is 42.2 Å². The number of hydrogen-bond acceptors (Lipinski definition) is 5. The quantitative estimate of drug-likeness (QED) is 0.750. The Hall–Kier alpha value is -3.28. The molecular weight excluding hydrogens is 316 g/mol. The lowest BCUT2D eigenvalue weighted by atomic mass is 10.1. The van der Waals surface area contributed by atoms with Crippen molar-refractivity contribution in [3.63, 3.8) is 0 Å². The van der Waals surface area contributed by atoms with E-state index in [0.717, 1.165) is 18.4 Å². The number of aryl methyl sites for hydroxylation is 2. The Bertz CT molecular complexity index is 836. The van der Waals surface area contributed by atoms with Crippen molar-refractivity contribution in [3.05, 3.63) is 77.6 Å². The van der Waals surface area contributed by atoms with Crippen molar-refractivity contribution in [2.24, 2.45) is 0 Å². The molecule has 2 heterocycles. The van der Waals surface area contributed by atoms with E-state index in [0.29, 0.717) is 11.7 Å². The molecule has 0 fully saturated rings. The van der Waals surface area contributed by atoms with Crippen LogP contribution in [0.3, 0.4) is 0 Å². The van der Waals surface area contributed by atoms with Gasteiger partial charge in [-0.25, -0.2) is 4.98 Å². The molecule has 0 aliphatic rings. The van der Waals surface area contributed by atoms with E-state index in [-0.39, 0.29) is 11.6 Å². The minimum Gasteiger partial charge on any atom is -0.480 e. The highest BCUT2D eigenvalue weighted by Gasteiger charge is 2.10. The van der Waals surface area contributed by atoms with E-state index >= 15 is 0 Å². The molecule has 0 radical (unpaired) electrons. The van der Waals surface area contributed by atoms with Gasteiger partial charge in [-0.2, -0.15) is 0 Å². The van der Waals surface area contributed by atoms with Crippen LogP contribution in [0.4, 0.5) is 5.82 Å². The molecule has 0 aliphatic carbocycles. The third-order valence-electron chi connectivity index (χ3n) is 3.69. The SMILES string of the molecule is COc1ccc(C(=O)Nc2cc(CCc3ccccc3)ccn2)nn1. The van der Waals surface area contributed by atoms with Crippen LogP contribution in [0.25, 0.3) is 0 Å². The molecule has 3 rings (SSSR count). The van der Waals surface area contributed by atoms with Crippen molar-refractivity contribution in [2.75, 3.05) is 12.4 Å². The Morgan fingerprint density at radius 1 is 1.00 bits per heavy atom. The van der Waals surface area contributed by atoms with Crippen molar-refractivity contribution in [1.82, 2.24) is 15.2 Å². The zero-order valence-electron chi connectivity index (χ0n) is 13.8. The average molecular weight is 334 g/mol. The van der Waals surface area contributed by atoms with Crippen LogP contribution < -0.4 is 10.1 Å². The minimum atomic E-state index is -0.358. The van der Waals surface area contributed by atoms with E-state index in [2.05, 4.69) is 32.6 Å². The topological polar surface area (TPSA) is 77.0 Å². The number of methoxy groups -OCH3 is 1. The number of ether oxygens (including phenoxy) is 1. The van der Waals surface area contributed by atoms with Crippen molar-refractivity contribution in [2.45, 2.75) is 12.8 Å². The standard InChI is InChI=1S/C19H18N4O2/c1-25-18-10-9-16(22-23-18)19(24)21-17-13-15(11-12-20-17)8-7-14-5-3-2-4-6-14/h2-6,9-13H,7-8H2,1H3,(H,20,21,24). The number of aromatic nitrogens is 3. The molecule has 0 unspecified atom stereocenters. The normalized spacial score (nSPS) is 10.3. The lowest BCUT2D eigenvalue weighted by molar-refractivity contribution is 0.102. The first-order chi connectivity index (χ1) is 12.2. The van der Waals surface area contributed by atoms with Gasteiger partial charge in [0.1, 0.15) is 5.82 Å². The molecule has 1 aromatic carbocycles. The second kappa shape index (κ2) is 8.01. The lowest BCUT2D eigenvalue weighted by Crippen LogP contribution is -2.15. The van der Waals surface area contributed by atoms with Gasteiger partial charge in [0, 0.05) is 12.3 Å². The number of benzene rings is 1. The molecule has 3 aromatic rings. The summed E-state index contributed by atoms with van der Waals surface area (Å²) < 4.78 is 4.93. The average Bonchev–Trinajstić information content (AvgIpc) is 2.67. The van der Waals surface area contributed by atoms with E-state index in [1.165, 1.54) is 12.7 Å². The molecule has 0 saturated heterocycles. The van der Waals surface area contributed by atoms with Crippen molar-refractivity contribution >= 4 is 11.7 Å². The van der Waals surface area contributed by atoms with Crippen LogP contribution in [0.2, 0.25) is 0 Å². The summed E-state index contributed by atoms with van der Waals surface area (Å²) in [5, 5.41) is 10.4. The first kappa shape index (κ1) is 16.6. The third kappa shape index (κ3) is 4.60. The minimum absolute atomic E-state index is 0.206. The number of carbonyl (C=O) groups excluding carboxylic acids is 1. The first-order valence-electron chi connectivity index (χ1n) is 7.92. The smallest absolute Gasteiger partial charge is 0.277 e. The van der Waals surface area contributed by atoms with Gasteiger partial charge < -0.3 is 10.1 Å². The highest BCUT2D eigenvalue weighted by atomic mass is 16.5. The third-order valence-corrected chi connectivity index (χ3v) is 3.69. The molecule has 126 valence electrons. The van der Waals surface area contributed by atoms with Gasteiger partial charge in [0.2, 0.25) is 5.88 Å². The van der Waals surface area contributed by atoms with Gasteiger partial charge in [-0.1, -0.05) is 30.3 Å². The number of carbonyl (C=O) groups is 1. The van der Waals surface area contributed by atoms with Crippen LogP contribution in [0, 0.1) is 0 Å². The molecule has 1 N–H and O–H groups in total. The van der Waals surface area contributed by atoms with Gasteiger partial charge in [-0.15, -0.1) is 10.2 Å². The molecule has 6 heteroatoms. The summed E-state index contributed by atoms with van der Waals surface area (Å²) in [6, 6.07) is 17.2. The summed E-state index contributed by atoms with van der Waals surface area (Å²) in [5.41, 5.74) is 2.59. The van der Waals surface area contributed by atoms with Crippen LogP contribution in [0.5, 0.6) is 5.88 Å². The Morgan fingerprint density at radius 2 is 1.80 bits per heavy atom. The van der Waals surface area contributed by atoms with Gasteiger partial charge in [0.05, 0.1) is 7.11 Å². The summed E-state index contributed by atoms with van der Waals surface area (Å²) in [4.78, 5) is 16.4. The highest BCUT2D eigenvalue weighted by Crippen LogP contribution is 2.12. The number of rotatable bonds is 6. The predicted molar refractivity (Wildman–Crippen MR) is 94.6 cm³/mol. The maximum absolute atomic E-state index is 12.2. The van der Waals surface area contributed by atoms with E-state index in [4.69, 9.17) is 4.74 Å². The largest absolute Gasteiger partial charge is 0.480 e. The fourth-order valence-corrected chi connectivity index (χ4v) is 2.36. The number of nitrogens with zero attached hydrogens (tertiary/aromatic N) is 3. The Morgan fingerprint density at radius 3 is 2.52 bits per heavy atom. The monoisotopic (exact) mass is 334 g/mol. The van der Waals surface area contributed by atoms with Crippen LogP contribution in [0.15, 0.2) is 60.8 Å². The fourth-order valence-electron chi connectivity index (χ4n) is 2.36. The van der Waals surface area contributed by atoms with E-state index in [1.54, 1.807) is 18.3 Å². The van der Waals surface area contributed by atoms with E-state index in [9.17, 15) is 4.79 Å². The number of anilines is 1. The molecular formula is C19H18N4O2. The van der Waals surface area contributed by atoms with Crippen LogP contribution >= 0.6 is 0 Å². The van der Waals surface area contributed by atoms with Crippen LogP contribution in [-0.2, 0) is 12.8 Å². The number of pyridine rings is 1. The summed E-state index contributed by atoms with van der Waals surface area (Å²) in [6.07, 6.45) is 3.50. The van der Waals surface area contributed by atoms with Gasteiger partial charge in [0.25, 0.3) is 5.91 Å². The molecule has 0 spiro atoms. The highest BCUT2D eigenvalue weighted by molar-refractivity contribution is 6.02. The van der Waals surface area contributed by atoms with Crippen molar-refractivity contribution < 1.29 is 9.53 Å². The van der Waals surface area contributed by atoms with Gasteiger partial charge >= 0.3 is 0 Å². The zero-order valence-corrected chi connectivity index (χ0v) is 13.8. The molecule has 0 atom stereocenters. The Labute approximate surface area is 145 Å². The summed E-state index contributed by atoms with van der Waals surface area (Å²) in [6.45, 7) is 0. The maximum Gasteiger partial charge on any atom is 0.277 e. The predicted octanol–water partition coefficient (Wildman–Crippen LogP) is 2.92. The fraction of sp³-hybridized carbons (Fsp3) is 0.158. The van der Waals surface area contributed by atoms with E-state index in [1.807, 2.05) is 30.3 Å². The summed E-state index contributed by atoms with van der Waals surface area (Å²) >= 11 is 0. The zero-order chi connectivity index (χ0) is 17.5. The second-order valence-corrected chi connectivity index (χ2v) is 5.45. The van der Waals surface area contributed by atoms with Gasteiger partial charge in [-0.3, -0.25) is 4.79 Å². The molecule has 1 amide bonds. The Balaban J connectivity index is 1.63. The number of amides is 1. The molecule has 6 nitrogen and oxygen atoms in total. The molecule has 0 aliphatic heterocycles. The maximum atomic E-state index is 12.2. The second-order valence-electron chi connectivity index (χ2n) is 5.45. The number of nitrogens with one attached hydrogen (secondary N) is 1. The summed E-state index contributed by atoms with van der Waals surface area (Å²) in [5.74, 6) is 0.494. The molecule has 0 saturated carbocycles.